The Morgan fingerprint density at radius 1 is 0.800 bits per heavy atom. The Labute approximate surface area is 116 Å². The molecule has 6 heteroatoms. The number of amides is 2. The van der Waals surface area contributed by atoms with Crippen LogP contribution in [0.25, 0.3) is 0 Å². The topological polar surface area (TPSA) is 65.3 Å². The summed E-state index contributed by atoms with van der Waals surface area (Å²) in [6.45, 7) is 0. The van der Waals surface area contributed by atoms with Gasteiger partial charge in [-0.3, -0.25) is 9.59 Å². The summed E-state index contributed by atoms with van der Waals surface area (Å²) in [5.41, 5.74) is 3.38. The van der Waals surface area contributed by atoms with Gasteiger partial charge in [-0.25, -0.2) is 10.0 Å². The van der Waals surface area contributed by atoms with Gasteiger partial charge >= 0.3 is 0 Å². The van der Waals surface area contributed by atoms with Crippen molar-refractivity contribution in [2.75, 3.05) is 14.1 Å². The summed E-state index contributed by atoms with van der Waals surface area (Å²) >= 11 is 0. The largest absolute Gasteiger partial charge is 0.273 e. The van der Waals surface area contributed by atoms with Gasteiger partial charge in [0.25, 0.3) is 0 Å². The summed E-state index contributed by atoms with van der Waals surface area (Å²) in [6.07, 6.45) is 0.663. The van der Waals surface area contributed by atoms with E-state index < -0.39 is 0 Å². The predicted molar refractivity (Wildman–Crippen MR) is 74.3 cm³/mol. The zero-order chi connectivity index (χ0) is 14.3. The van der Waals surface area contributed by atoms with Crippen LogP contribution in [0, 0.1) is 0 Å². The Kier molecular flexibility index (Phi) is 2.85. The van der Waals surface area contributed by atoms with Crippen molar-refractivity contribution in [3.63, 3.8) is 0 Å². The van der Waals surface area contributed by atoms with E-state index in [1.807, 2.05) is 24.3 Å². The molecule has 1 aromatic rings. The number of hydrogen-bond donors (Lipinski definition) is 0. The van der Waals surface area contributed by atoms with Crippen LogP contribution in [-0.2, 0) is 9.59 Å². The van der Waals surface area contributed by atoms with Crippen LogP contribution in [0.4, 0.5) is 0 Å². The first-order chi connectivity index (χ1) is 9.54. The van der Waals surface area contributed by atoms with Crippen LogP contribution in [0.2, 0.25) is 0 Å². The first kappa shape index (κ1) is 12.5. The molecule has 1 aromatic carbocycles. The van der Waals surface area contributed by atoms with E-state index in [9.17, 15) is 9.59 Å². The molecule has 0 aliphatic carbocycles. The lowest BCUT2D eigenvalue weighted by atomic mass is 10.0. The number of carbonyl (C=O) groups excluding carboxylic acids is 2. The molecule has 0 N–H and O–H groups in total. The van der Waals surface area contributed by atoms with Gasteiger partial charge in [0.2, 0.25) is 11.8 Å². The molecule has 0 spiro atoms. The van der Waals surface area contributed by atoms with E-state index in [0.717, 1.165) is 22.6 Å². The van der Waals surface area contributed by atoms with E-state index in [1.54, 1.807) is 14.1 Å². The van der Waals surface area contributed by atoms with Gasteiger partial charge in [0.1, 0.15) is 0 Å². The smallest absolute Gasteiger partial charge is 0.248 e. The van der Waals surface area contributed by atoms with E-state index in [4.69, 9.17) is 0 Å². The predicted octanol–water partition coefficient (Wildman–Crippen LogP) is 0.819. The second-order valence-corrected chi connectivity index (χ2v) is 4.86. The third-order valence-corrected chi connectivity index (χ3v) is 3.45. The third kappa shape index (κ3) is 2.09. The SMILES string of the molecule is CN1N=C(c2ccc(C3=NN(C)C(=O)C3)cc2)CC1=O. The van der Waals surface area contributed by atoms with Gasteiger partial charge in [0.05, 0.1) is 24.3 Å². The van der Waals surface area contributed by atoms with Gasteiger partial charge in [-0.1, -0.05) is 24.3 Å². The molecule has 0 saturated heterocycles. The van der Waals surface area contributed by atoms with Crippen molar-refractivity contribution in [3.8, 4) is 0 Å². The molecule has 0 unspecified atom stereocenters. The lowest BCUT2D eigenvalue weighted by Gasteiger charge is -2.02. The third-order valence-electron chi connectivity index (χ3n) is 3.45. The minimum absolute atomic E-state index is 0.00327. The number of rotatable bonds is 2. The molecule has 102 valence electrons. The number of benzene rings is 1. The van der Waals surface area contributed by atoms with Crippen LogP contribution in [0.15, 0.2) is 34.5 Å². The van der Waals surface area contributed by atoms with Gasteiger partial charge < -0.3 is 0 Å². The fourth-order valence-corrected chi connectivity index (χ4v) is 2.23. The van der Waals surface area contributed by atoms with Crippen molar-refractivity contribution >= 4 is 23.2 Å². The Balaban J connectivity index is 1.83. The van der Waals surface area contributed by atoms with Crippen molar-refractivity contribution in [3.05, 3.63) is 35.4 Å². The molecule has 0 aromatic heterocycles. The summed E-state index contributed by atoms with van der Waals surface area (Å²) in [7, 11) is 3.30. The highest BCUT2D eigenvalue weighted by molar-refractivity contribution is 6.15. The minimum Gasteiger partial charge on any atom is -0.273 e. The van der Waals surface area contributed by atoms with Crippen LogP contribution < -0.4 is 0 Å². The second kappa shape index (κ2) is 4.56. The summed E-state index contributed by atoms with van der Waals surface area (Å²) in [6, 6.07) is 7.63. The summed E-state index contributed by atoms with van der Waals surface area (Å²) in [4.78, 5) is 22.9. The van der Waals surface area contributed by atoms with E-state index >= 15 is 0 Å². The van der Waals surface area contributed by atoms with Crippen molar-refractivity contribution in [2.24, 2.45) is 10.2 Å². The molecule has 2 aliphatic heterocycles. The molecule has 6 nitrogen and oxygen atoms in total. The fraction of sp³-hybridized carbons (Fsp3) is 0.286. The zero-order valence-corrected chi connectivity index (χ0v) is 11.3. The molecule has 0 fully saturated rings. The van der Waals surface area contributed by atoms with Crippen LogP contribution in [0.1, 0.15) is 24.0 Å². The maximum Gasteiger partial charge on any atom is 0.248 e. The number of hydrogen-bond acceptors (Lipinski definition) is 4. The standard InChI is InChI=1S/C14H14N4O2/c1-17-13(19)7-11(15-17)9-3-5-10(6-4-9)12-8-14(20)18(2)16-12/h3-6H,7-8H2,1-2H3. The van der Waals surface area contributed by atoms with E-state index in [1.165, 1.54) is 10.0 Å². The Morgan fingerprint density at radius 2 is 1.15 bits per heavy atom. The highest BCUT2D eigenvalue weighted by atomic mass is 16.2. The molecule has 2 heterocycles. The molecule has 0 radical (unpaired) electrons. The maximum absolute atomic E-state index is 11.5. The van der Waals surface area contributed by atoms with E-state index in [0.29, 0.717) is 12.8 Å². The van der Waals surface area contributed by atoms with E-state index in [-0.39, 0.29) is 11.8 Å². The Morgan fingerprint density at radius 3 is 1.40 bits per heavy atom. The van der Waals surface area contributed by atoms with E-state index in [2.05, 4.69) is 10.2 Å². The van der Waals surface area contributed by atoms with Gasteiger partial charge in [-0.15, -0.1) is 0 Å². The molecule has 20 heavy (non-hydrogen) atoms. The average Bonchev–Trinajstić information content (AvgIpc) is 2.94. The quantitative estimate of drug-likeness (QED) is 0.798. The van der Waals surface area contributed by atoms with Gasteiger partial charge in [-0.05, 0) is 11.1 Å². The second-order valence-electron chi connectivity index (χ2n) is 4.86. The molecule has 0 saturated carbocycles. The van der Waals surface area contributed by atoms with Crippen LogP contribution in [-0.4, -0.2) is 47.4 Å². The van der Waals surface area contributed by atoms with Crippen molar-refractivity contribution in [1.82, 2.24) is 10.0 Å². The normalized spacial score (nSPS) is 18.7. The number of hydrazone groups is 2. The van der Waals surface area contributed by atoms with Crippen LogP contribution in [0.5, 0.6) is 0 Å². The molecule has 0 atom stereocenters. The lowest BCUT2D eigenvalue weighted by molar-refractivity contribution is -0.128. The van der Waals surface area contributed by atoms with Gasteiger partial charge in [0, 0.05) is 14.1 Å². The molecular formula is C14H14N4O2. The summed E-state index contributed by atoms with van der Waals surface area (Å²) in [5.74, 6) is -0.00654. The molecular weight excluding hydrogens is 256 g/mol. The fourth-order valence-electron chi connectivity index (χ4n) is 2.23. The van der Waals surface area contributed by atoms with Crippen molar-refractivity contribution < 1.29 is 9.59 Å². The Bertz CT molecular complexity index is 589. The number of nitrogens with zero attached hydrogens (tertiary/aromatic N) is 4. The van der Waals surface area contributed by atoms with Crippen molar-refractivity contribution in [2.45, 2.75) is 12.8 Å². The first-order valence-electron chi connectivity index (χ1n) is 6.33. The highest BCUT2D eigenvalue weighted by Crippen LogP contribution is 2.17. The lowest BCUT2D eigenvalue weighted by Crippen LogP contribution is -2.14. The Hall–Kier alpha value is -2.50. The average molecular weight is 270 g/mol. The minimum atomic E-state index is -0.00327. The summed E-state index contributed by atoms with van der Waals surface area (Å²) < 4.78 is 0. The first-order valence-corrected chi connectivity index (χ1v) is 6.33. The van der Waals surface area contributed by atoms with Gasteiger partial charge in [-0.2, -0.15) is 10.2 Å². The molecule has 2 amide bonds. The van der Waals surface area contributed by atoms with Crippen molar-refractivity contribution in [1.29, 1.82) is 0 Å². The van der Waals surface area contributed by atoms with Crippen LogP contribution in [0.3, 0.4) is 0 Å². The molecule has 0 bridgehead atoms. The molecule has 3 rings (SSSR count). The monoisotopic (exact) mass is 270 g/mol. The summed E-state index contributed by atoms with van der Waals surface area (Å²) in [5, 5.41) is 11.1. The highest BCUT2D eigenvalue weighted by Gasteiger charge is 2.23. The van der Waals surface area contributed by atoms with Crippen LogP contribution >= 0.6 is 0 Å². The molecule has 2 aliphatic rings. The maximum atomic E-state index is 11.5. The number of carbonyl (C=O) groups is 2. The van der Waals surface area contributed by atoms with Gasteiger partial charge in [0.15, 0.2) is 0 Å². The zero-order valence-electron chi connectivity index (χ0n) is 11.3.